The minimum atomic E-state index is -5.08. The third-order valence-electron chi connectivity index (χ3n) is 7.30. The fourth-order valence-corrected chi connectivity index (χ4v) is 4.73. The van der Waals surface area contributed by atoms with Crippen LogP contribution in [0.15, 0.2) is 43.5 Å². The van der Waals surface area contributed by atoms with Crippen molar-refractivity contribution in [1.82, 2.24) is 16.0 Å². The first kappa shape index (κ1) is 49.4. The van der Waals surface area contributed by atoms with Gasteiger partial charge in [0, 0.05) is 42.7 Å². The Labute approximate surface area is 329 Å². The van der Waals surface area contributed by atoms with Gasteiger partial charge in [-0.05, 0) is 77.5 Å². The molecule has 3 atom stereocenters. The van der Waals surface area contributed by atoms with E-state index >= 15 is 0 Å². The second kappa shape index (κ2) is 22.8. The lowest BCUT2D eigenvalue weighted by Crippen LogP contribution is -2.56. The van der Waals surface area contributed by atoms with Crippen LogP contribution in [0, 0.1) is 6.92 Å². The molecule has 0 aliphatic heterocycles. The molecule has 0 aliphatic rings. The molecule has 5 amide bonds. The molecule has 322 valence electrons. The minimum Gasteiger partial charge on any atom is -0.475 e. The van der Waals surface area contributed by atoms with Gasteiger partial charge in [-0.2, -0.15) is 13.2 Å². The van der Waals surface area contributed by atoms with Gasteiger partial charge in [0.2, 0.25) is 23.6 Å². The summed E-state index contributed by atoms with van der Waals surface area (Å²) in [5.74, 6) is -5.99. The van der Waals surface area contributed by atoms with Crippen LogP contribution in [0.2, 0.25) is 0 Å². The fraction of sp³-hybridized carbons (Fsp3) is 0.500. The number of guanidine groups is 2. The van der Waals surface area contributed by atoms with E-state index in [-0.39, 0.29) is 74.8 Å². The fourth-order valence-electron chi connectivity index (χ4n) is 4.73. The molecular weight excluding hydrogens is 779 g/mol. The van der Waals surface area contributed by atoms with Gasteiger partial charge < -0.3 is 64.2 Å². The van der Waals surface area contributed by atoms with Crippen LogP contribution < -0.4 is 55.6 Å². The number of hydrogen-bond acceptors (Lipinski definition) is 11. The van der Waals surface area contributed by atoms with Gasteiger partial charge in [0.25, 0.3) is 0 Å². The lowest BCUT2D eigenvalue weighted by Gasteiger charge is -2.26. The first-order valence-corrected chi connectivity index (χ1v) is 17.4. The lowest BCUT2D eigenvalue weighted by molar-refractivity contribution is -0.192. The summed E-state index contributed by atoms with van der Waals surface area (Å²) in [5, 5.41) is 18.2. The van der Waals surface area contributed by atoms with Crippen LogP contribution in [0.5, 0.6) is 0 Å². The highest BCUT2D eigenvalue weighted by Crippen LogP contribution is 2.21. The molecule has 0 saturated heterocycles. The number of carboxylic acids is 1. The maximum atomic E-state index is 13.8. The number of ether oxygens (including phenoxy) is 1. The van der Waals surface area contributed by atoms with Gasteiger partial charge >= 0.3 is 23.9 Å². The number of primary amides is 1. The predicted molar refractivity (Wildman–Crippen MR) is 205 cm³/mol. The van der Waals surface area contributed by atoms with E-state index in [0.717, 1.165) is 0 Å². The summed E-state index contributed by atoms with van der Waals surface area (Å²) in [6, 6.07) is 2.40. The minimum absolute atomic E-state index is 0.00866. The number of fused-ring (bicyclic) bond motifs is 1. The number of alkyl carbamates (subject to hydrolysis) is 1. The van der Waals surface area contributed by atoms with Gasteiger partial charge in [0.1, 0.15) is 29.3 Å². The highest BCUT2D eigenvalue weighted by Gasteiger charge is 2.38. The van der Waals surface area contributed by atoms with Gasteiger partial charge in [-0.15, -0.1) is 0 Å². The smallest absolute Gasteiger partial charge is 0.475 e. The van der Waals surface area contributed by atoms with Gasteiger partial charge in [-0.3, -0.25) is 29.2 Å². The number of alkyl halides is 3. The van der Waals surface area contributed by atoms with Crippen LogP contribution in [0.1, 0.15) is 64.9 Å². The summed E-state index contributed by atoms with van der Waals surface area (Å²) in [4.78, 5) is 93.5. The van der Waals surface area contributed by atoms with E-state index in [1.165, 1.54) is 12.1 Å². The second-order valence-electron chi connectivity index (χ2n) is 13.5. The molecule has 21 nitrogen and oxygen atoms in total. The number of carboxylic acid groups (broad SMARTS) is 1. The van der Waals surface area contributed by atoms with Crippen LogP contribution in [0.4, 0.5) is 23.7 Å². The Morgan fingerprint density at radius 1 is 0.793 bits per heavy atom. The number of aliphatic carboxylic acids is 1. The van der Waals surface area contributed by atoms with Gasteiger partial charge in [0.15, 0.2) is 11.9 Å². The molecule has 15 N–H and O–H groups in total. The van der Waals surface area contributed by atoms with E-state index in [1.807, 2.05) is 0 Å². The topological polar surface area (TPSA) is 365 Å². The van der Waals surface area contributed by atoms with E-state index in [1.54, 1.807) is 39.8 Å². The first-order chi connectivity index (χ1) is 26.8. The van der Waals surface area contributed by atoms with Crippen LogP contribution in [0.3, 0.4) is 0 Å². The van der Waals surface area contributed by atoms with Crippen LogP contribution in [-0.2, 0) is 28.7 Å². The normalized spacial score (nSPS) is 12.6. The number of aliphatic imine (C=N–C) groups is 2. The van der Waals surface area contributed by atoms with Crippen molar-refractivity contribution < 1.29 is 56.2 Å². The highest BCUT2D eigenvalue weighted by atomic mass is 19.4. The molecule has 2 rings (SSSR count). The van der Waals surface area contributed by atoms with Crippen molar-refractivity contribution in [1.29, 1.82) is 0 Å². The molecule has 1 heterocycles. The number of nitrogens with one attached hydrogen (secondary N) is 4. The Balaban J connectivity index is 0.00000219. The zero-order chi connectivity index (χ0) is 44.4. The number of benzene rings is 1. The number of halogens is 3. The van der Waals surface area contributed by atoms with Crippen molar-refractivity contribution >= 4 is 64.3 Å². The molecular formula is C34H50F3N11O10. The van der Waals surface area contributed by atoms with Crippen molar-refractivity contribution in [3.05, 3.63) is 40.2 Å². The Bertz CT molecular complexity index is 1890. The molecule has 0 aliphatic carbocycles. The highest BCUT2D eigenvalue weighted by molar-refractivity contribution is 6.00. The van der Waals surface area contributed by atoms with Crippen molar-refractivity contribution in [2.45, 2.75) is 96.1 Å². The van der Waals surface area contributed by atoms with Gasteiger partial charge in [-0.25, -0.2) is 14.4 Å². The van der Waals surface area contributed by atoms with Crippen molar-refractivity contribution in [2.24, 2.45) is 38.7 Å². The average Bonchev–Trinajstić information content (AvgIpc) is 3.07. The number of nitrogens with zero attached hydrogens (tertiary/aromatic N) is 2. The molecule has 0 radical (unpaired) electrons. The van der Waals surface area contributed by atoms with Crippen molar-refractivity contribution in [2.75, 3.05) is 18.4 Å². The van der Waals surface area contributed by atoms with Gasteiger partial charge in [-0.1, -0.05) is 0 Å². The SMILES string of the molecule is Cc1cc(=O)oc2cc(NC(=O)[C@H](CCCN=C(N)N)NC(=O)[C@H](CCCN=C(N)N)NC(=O)[C@H](CCC(N)=O)NC(=O)OC(C)(C)C)ccc12.O=C(O)C(F)(F)F. The summed E-state index contributed by atoms with van der Waals surface area (Å²) in [5.41, 5.74) is 26.8. The number of aryl methyl sites for hydroxylation is 1. The molecule has 0 saturated carbocycles. The number of amides is 5. The van der Waals surface area contributed by atoms with Crippen molar-refractivity contribution in [3.63, 3.8) is 0 Å². The summed E-state index contributed by atoms with van der Waals surface area (Å²) in [7, 11) is 0. The van der Waals surface area contributed by atoms with Crippen LogP contribution >= 0.6 is 0 Å². The maximum absolute atomic E-state index is 13.8. The summed E-state index contributed by atoms with van der Waals surface area (Å²) < 4.78 is 42.3. The second-order valence-corrected chi connectivity index (χ2v) is 13.5. The van der Waals surface area contributed by atoms with Crippen LogP contribution in [0.25, 0.3) is 11.0 Å². The third-order valence-corrected chi connectivity index (χ3v) is 7.30. The average molecular weight is 830 g/mol. The molecule has 0 fully saturated rings. The molecule has 1 aromatic heterocycles. The molecule has 2 aromatic rings. The Morgan fingerprint density at radius 3 is 1.72 bits per heavy atom. The molecule has 24 heteroatoms. The molecule has 58 heavy (non-hydrogen) atoms. The molecule has 1 aromatic carbocycles. The number of carbonyl (C=O) groups is 6. The summed E-state index contributed by atoms with van der Waals surface area (Å²) >= 11 is 0. The lowest BCUT2D eigenvalue weighted by atomic mass is 10.1. The van der Waals surface area contributed by atoms with E-state index in [9.17, 15) is 41.9 Å². The molecule has 0 bridgehead atoms. The number of rotatable bonds is 18. The quantitative estimate of drug-likeness (QED) is 0.0406. The zero-order valence-corrected chi connectivity index (χ0v) is 32.2. The van der Waals surface area contributed by atoms with E-state index in [2.05, 4.69) is 31.3 Å². The van der Waals surface area contributed by atoms with Gasteiger partial charge in [0.05, 0.1) is 0 Å². The monoisotopic (exact) mass is 829 g/mol. The number of nitrogens with two attached hydrogens (primary N) is 5. The van der Waals surface area contributed by atoms with Crippen molar-refractivity contribution in [3.8, 4) is 0 Å². The summed E-state index contributed by atoms with van der Waals surface area (Å²) in [6.45, 7) is 6.90. The number of carbonyl (C=O) groups excluding carboxylic acids is 5. The number of hydrogen-bond donors (Lipinski definition) is 10. The maximum Gasteiger partial charge on any atom is 0.490 e. The predicted octanol–water partition coefficient (Wildman–Crippen LogP) is -0.0912. The standard InChI is InChI=1S/C32H49N11O8.C2HF3O2/c1-17-15-25(45)50-23-16-18(9-10-19(17)23)40-26(46)20(7-5-13-38-29(34)35)41-27(47)21(8-6-14-39-30(36)37)42-28(48)22(11-12-24(33)44)43-31(49)51-32(2,3)4;3-2(4,5)1(6)7/h9-10,15-16,20-22H,5-8,11-14H2,1-4H3,(H2,33,44)(H,40,46)(H,41,47)(H,42,48)(H,43,49)(H4,34,35,38)(H4,36,37,39);(H,6,7)/t20-,21-,22-;/m0./s1. The van der Waals surface area contributed by atoms with E-state index in [4.69, 9.17) is 47.7 Å². The Hall–Kier alpha value is -6.62. The van der Waals surface area contributed by atoms with E-state index in [0.29, 0.717) is 10.9 Å². The Kier molecular flexibility index (Phi) is 19.4. The van der Waals surface area contributed by atoms with E-state index < -0.39 is 71.2 Å². The summed E-state index contributed by atoms with van der Waals surface area (Å²) in [6.07, 6.45) is -5.87. The zero-order valence-electron chi connectivity index (χ0n) is 32.2. The molecule has 0 spiro atoms. The Morgan fingerprint density at radius 2 is 1.28 bits per heavy atom. The third kappa shape index (κ3) is 19.8. The van der Waals surface area contributed by atoms with Crippen LogP contribution in [-0.4, -0.2) is 95.7 Å². The first-order valence-electron chi connectivity index (χ1n) is 17.4. The largest absolute Gasteiger partial charge is 0.490 e. The number of anilines is 1. The molecule has 0 unspecified atom stereocenters.